The molecule has 1 atom stereocenters. The van der Waals surface area contributed by atoms with Gasteiger partial charge >= 0.3 is 0 Å². The number of nitrogens with zero attached hydrogens (tertiary/aromatic N) is 3. The van der Waals surface area contributed by atoms with Crippen LogP contribution in [0.1, 0.15) is 33.6 Å². The zero-order chi connectivity index (χ0) is 19.6. The highest BCUT2D eigenvalue weighted by molar-refractivity contribution is 5.84. The second kappa shape index (κ2) is 7.87. The molecule has 0 saturated carbocycles. The molecular formula is C21H30FN3O2. The van der Waals surface area contributed by atoms with Gasteiger partial charge in [-0.15, -0.1) is 0 Å². The molecule has 27 heavy (non-hydrogen) atoms. The van der Waals surface area contributed by atoms with Crippen molar-refractivity contribution < 1.29 is 14.0 Å². The third-order valence-corrected chi connectivity index (χ3v) is 5.48. The van der Waals surface area contributed by atoms with Crippen LogP contribution in [-0.4, -0.2) is 60.9 Å². The van der Waals surface area contributed by atoms with Crippen molar-refractivity contribution in [1.82, 2.24) is 9.80 Å². The Bertz CT molecular complexity index is 676. The molecule has 5 nitrogen and oxygen atoms in total. The van der Waals surface area contributed by atoms with Gasteiger partial charge in [-0.25, -0.2) is 4.39 Å². The SMILES string of the molecule is CC(C)(C)C(=O)N1CCC[C@H](C(=O)N2CCN(c3ccc(F)cc3)CC2)C1. The summed E-state index contributed by atoms with van der Waals surface area (Å²) in [6.07, 6.45) is 1.73. The van der Waals surface area contributed by atoms with E-state index in [9.17, 15) is 14.0 Å². The topological polar surface area (TPSA) is 43.9 Å². The number of benzene rings is 1. The Kier molecular flexibility index (Phi) is 5.72. The summed E-state index contributed by atoms with van der Waals surface area (Å²) in [4.78, 5) is 31.5. The van der Waals surface area contributed by atoms with Crippen LogP contribution < -0.4 is 4.90 Å². The van der Waals surface area contributed by atoms with Gasteiger partial charge in [-0.05, 0) is 37.1 Å². The minimum Gasteiger partial charge on any atom is -0.368 e. The van der Waals surface area contributed by atoms with E-state index in [0.29, 0.717) is 19.6 Å². The summed E-state index contributed by atoms with van der Waals surface area (Å²) in [6, 6.07) is 6.50. The van der Waals surface area contributed by atoms with E-state index in [4.69, 9.17) is 0 Å². The van der Waals surface area contributed by atoms with Crippen molar-refractivity contribution in [1.29, 1.82) is 0 Å². The third-order valence-electron chi connectivity index (χ3n) is 5.48. The van der Waals surface area contributed by atoms with Crippen LogP contribution in [0.25, 0.3) is 0 Å². The fourth-order valence-corrected chi connectivity index (χ4v) is 3.93. The van der Waals surface area contributed by atoms with Crippen LogP contribution >= 0.6 is 0 Å². The molecule has 148 valence electrons. The molecule has 1 aromatic carbocycles. The predicted molar refractivity (Wildman–Crippen MR) is 104 cm³/mol. The molecule has 6 heteroatoms. The Labute approximate surface area is 161 Å². The number of piperazine rings is 1. The van der Waals surface area contributed by atoms with Crippen LogP contribution in [-0.2, 0) is 9.59 Å². The Morgan fingerprint density at radius 1 is 0.963 bits per heavy atom. The van der Waals surface area contributed by atoms with Crippen molar-refractivity contribution in [2.75, 3.05) is 44.2 Å². The lowest BCUT2D eigenvalue weighted by Gasteiger charge is -2.40. The fraction of sp³-hybridized carbons (Fsp3) is 0.619. The number of carbonyl (C=O) groups is 2. The number of anilines is 1. The lowest BCUT2D eigenvalue weighted by Crippen LogP contribution is -2.54. The molecule has 0 aliphatic carbocycles. The number of amides is 2. The molecular weight excluding hydrogens is 345 g/mol. The highest BCUT2D eigenvalue weighted by atomic mass is 19.1. The Morgan fingerprint density at radius 2 is 1.59 bits per heavy atom. The van der Waals surface area contributed by atoms with E-state index in [2.05, 4.69) is 4.90 Å². The first-order chi connectivity index (χ1) is 12.8. The number of piperidine rings is 1. The summed E-state index contributed by atoms with van der Waals surface area (Å²) >= 11 is 0. The molecule has 3 rings (SSSR count). The number of halogens is 1. The first-order valence-electron chi connectivity index (χ1n) is 9.84. The molecule has 2 aliphatic rings. The molecule has 0 spiro atoms. The molecule has 0 unspecified atom stereocenters. The molecule has 2 aliphatic heterocycles. The third kappa shape index (κ3) is 4.60. The van der Waals surface area contributed by atoms with Gasteiger partial charge in [0.1, 0.15) is 5.82 Å². The van der Waals surface area contributed by atoms with Crippen LogP contribution in [0.15, 0.2) is 24.3 Å². The Balaban J connectivity index is 1.55. The zero-order valence-electron chi connectivity index (χ0n) is 16.6. The maximum Gasteiger partial charge on any atom is 0.227 e. The minimum atomic E-state index is -0.411. The van der Waals surface area contributed by atoms with Gasteiger partial charge in [-0.2, -0.15) is 0 Å². The van der Waals surface area contributed by atoms with Gasteiger partial charge in [0.15, 0.2) is 0 Å². The molecule has 0 aromatic heterocycles. The van der Waals surface area contributed by atoms with E-state index in [1.54, 1.807) is 12.1 Å². The number of hydrogen-bond acceptors (Lipinski definition) is 3. The monoisotopic (exact) mass is 375 g/mol. The van der Waals surface area contributed by atoms with E-state index >= 15 is 0 Å². The number of carbonyl (C=O) groups excluding carboxylic acids is 2. The van der Waals surface area contributed by atoms with Gasteiger partial charge in [0.2, 0.25) is 11.8 Å². The van der Waals surface area contributed by atoms with Gasteiger partial charge < -0.3 is 14.7 Å². The molecule has 2 heterocycles. The number of hydrogen-bond donors (Lipinski definition) is 0. The average molecular weight is 375 g/mol. The standard InChI is InChI=1S/C21H30FN3O2/c1-21(2,3)20(27)25-10-4-5-16(15-25)19(26)24-13-11-23(12-14-24)18-8-6-17(22)7-9-18/h6-9,16H,4-5,10-15H2,1-3H3/t16-/m0/s1. The van der Waals surface area contributed by atoms with Crippen molar-refractivity contribution in [3.05, 3.63) is 30.1 Å². The summed E-state index contributed by atoms with van der Waals surface area (Å²) in [5, 5.41) is 0. The van der Waals surface area contributed by atoms with Gasteiger partial charge in [-0.1, -0.05) is 20.8 Å². The summed E-state index contributed by atoms with van der Waals surface area (Å²) in [5.41, 5.74) is 0.578. The van der Waals surface area contributed by atoms with Crippen LogP contribution in [0.2, 0.25) is 0 Å². The summed E-state index contributed by atoms with van der Waals surface area (Å²) < 4.78 is 13.1. The van der Waals surface area contributed by atoms with Crippen molar-refractivity contribution in [2.45, 2.75) is 33.6 Å². The van der Waals surface area contributed by atoms with Gasteiger partial charge in [-0.3, -0.25) is 9.59 Å². The van der Waals surface area contributed by atoms with Crippen LogP contribution in [0, 0.1) is 17.2 Å². The molecule has 0 bridgehead atoms. The molecule has 1 aromatic rings. The summed E-state index contributed by atoms with van der Waals surface area (Å²) in [7, 11) is 0. The van der Waals surface area contributed by atoms with E-state index in [1.807, 2.05) is 30.6 Å². The summed E-state index contributed by atoms with van der Waals surface area (Å²) in [6.45, 7) is 9.88. The van der Waals surface area contributed by atoms with Gasteiger partial charge in [0, 0.05) is 50.4 Å². The Hall–Kier alpha value is -2.11. The number of rotatable bonds is 2. The lowest BCUT2D eigenvalue weighted by molar-refractivity contribution is -0.145. The molecule has 0 radical (unpaired) electrons. The van der Waals surface area contributed by atoms with E-state index < -0.39 is 5.41 Å². The van der Waals surface area contributed by atoms with Crippen LogP contribution in [0.4, 0.5) is 10.1 Å². The normalized spacial score (nSPS) is 21.3. The van der Waals surface area contributed by atoms with Crippen molar-refractivity contribution >= 4 is 17.5 Å². The molecule has 2 amide bonds. The van der Waals surface area contributed by atoms with E-state index in [1.165, 1.54) is 12.1 Å². The van der Waals surface area contributed by atoms with Crippen LogP contribution in [0.3, 0.4) is 0 Å². The maximum absolute atomic E-state index is 13.1. The lowest BCUT2D eigenvalue weighted by atomic mass is 9.90. The Morgan fingerprint density at radius 3 is 2.19 bits per heavy atom. The largest absolute Gasteiger partial charge is 0.368 e. The predicted octanol–water partition coefficient (Wildman–Crippen LogP) is 2.76. The van der Waals surface area contributed by atoms with Gasteiger partial charge in [0.25, 0.3) is 0 Å². The maximum atomic E-state index is 13.1. The first kappa shape index (κ1) is 19.6. The zero-order valence-corrected chi connectivity index (χ0v) is 16.6. The number of likely N-dealkylation sites (tertiary alicyclic amines) is 1. The van der Waals surface area contributed by atoms with Crippen molar-refractivity contribution in [3.8, 4) is 0 Å². The van der Waals surface area contributed by atoms with Gasteiger partial charge in [0.05, 0.1) is 5.92 Å². The van der Waals surface area contributed by atoms with E-state index in [-0.39, 0.29) is 23.5 Å². The molecule has 2 fully saturated rings. The average Bonchev–Trinajstić information content (AvgIpc) is 2.67. The second-order valence-corrected chi connectivity index (χ2v) is 8.63. The summed E-state index contributed by atoms with van der Waals surface area (Å²) in [5.74, 6) is -0.0389. The quantitative estimate of drug-likeness (QED) is 0.798. The van der Waals surface area contributed by atoms with Crippen molar-refractivity contribution in [3.63, 3.8) is 0 Å². The van der Waals surface area contributed by atoms with Crippen LogP contribution in [0.5, 0.6) is 0 Å². The fourth-order valence-electron chi connectivity index (χ4n) is 3.93. The van der Waals surface area contributed by atoms with Crippen molar-refractivity contribution in [2.24, 2.45) is 11.3 Å². The first-order valence-corrected chi connectivity index (χ1v) is 9.84. The smallest absolute Gasteiger partial charge is 0.227 e. The highest BCUT2D eigenvalue weighted by Crippen LogP contribution is 2.25. The minimum absolute atomic E-state index is 0.0950. The highest BCUT2D eigenvalue weighted by Gasteiger charge is 2.35. The molecule has 2 saturated heterocycles. The van der Waals surface area contributed by atoms with E-state index in [0.717, 1.165) is 38.2 Å². The second-order valence-electron chi connectivity index (χ2n) is 8.63. The molecule has 0 N–H and O–H groups in total.